The predicted octanol–water partition coefficient (Wildman–Crippen LogP) is 1.86. The van der Waals surface area contributed by atoms with Gasteiger partial charge >= 0.3 is 0 Å². The zero-order chi connectivity index (χ0) is 11.7. The average Bonchev–Trinajstić information content (AvgIpc) is 2.60. The van der Waals surface area contributed by atoms with E-state index in [1.54, 1.807) is 6.20 Å². The second-order valence-corrected chi connectivity index (χ2v) is 3.81. The topological polar surface area (TPSA) is 66.0 Å². The van der Waals surface area contributed by atoms with Crippen molar-refractivity contribution in [2.45, 2.75) is 20.5 Å². The lowest BCUT2D eigenvalue weighted by molar-refractivity contribution is 0.128. The van der Waals surface area contributed by atoms with Crippen molar-refractivity contribution in [1.29, 1.82) is 0 Å². The molecule has 5 nitrogen and oxygen atoms in total. The molecule has 86 valence electrons. The van der Waals surface area contributed by atoms with E-state index >= 15 is 0 Å². The van der Waals surface area contributed by atoms with E-state index in [1.807, 2.05) is 13.8 Å². The molecule has 0 amide bonds. The van der Waals surface area contributed by atoms with E-state index in [0.29, 0.717) is 30.4 Å². The van der Waals surface area contributed by atoms with E-state index in [2.05, 4.69) is 9.97 Å². The Labute approximate surface area is 98.3 Å². The number of anilines is 1. The minimum atomic E-state index is 0.369. The second kappa shape index (κ2) is 4.27. The second-order valence-electron chi connectivity index (χ2n) is 3.47. The number of nitrogen functional groups attached to an aromatic ring is 1. The summed E-state index contributed by atoms with van der Waals surface area (Å²) in [6.07, 6.45) is 1.68. The van der Waals surface area contributed by atoms with Crippen LogP contribution in [0, 0.1) is 6.92 Å². The lowest BCUT2D eigenvalue weighted by Gasteiger charge is -2.01. The van der Waals surface area contributed by atoms with E-state index in [-0.39, 0.29) is 0 Å². The number of imidazole rings is 1. The predicted molar refractivity (Wildman–Crippen MR) is 63.3 cm³/mol. The molecule has 0 fully saturated rings. The van der Waals surface area contributed by atoms with E-state index in [1.165, 1.54) is 4.09 Å². The summed E-state index contributed by atoms with van der Waals surface area (Å²) in [5, 5.41) is 0. The Morgan fingerprint density at radius 1 is 1.56 bits per heavy atom. The highest BCUT2D eigenvalue weighted by atomic mass is 35.5. The van der Waals surface area contributed by atoms with Gasteiger partial charge in [0.1, 0.15) is 12.1 Å². The monoisotopic (exact) mass is 240 g/mol. The number of aromatic nitrogens is 3. The molecule has 2 aromatic heterocycles. The summed E-state index contributed by atoms with van der Waals surface area (Å²) in [6.45, 7) is 4.82. The maximum absolute atomic E-state index is 6.16. The molecule has 0 saturated heterocycles. The van der Waals surface area contributed by atoms with Gasteiger partial charge in [0, 0.05) is 24.6 Å². The van der Waals surface area contributed by atoms with E-state index in [9.17, 15) is 0 Å². The molecular formula is C10H13ClN4O. The number of hydrogen-bond donors (Lipinski definition) is 1. The number of rotatable bonds is 3. The largest absolute Gasteiger partial charge is 0.382 e. The highest BCUT2D eigenvalue weighted by Gasteiger charge is 2.14. The van der Waals surface area contributed by atoms with Crippen LogP contribution >= 0.6 is 11.8 Å². The summed E-state index contributed by atoms with van der Waals surface area (Å²) in [5.74, 6) is 1.03. The van der Waals surface area contributed by atoms with Crippen LogP contribution in [0.4, 0.5) is 5.82 Å². The van der Waals surface area contributed by atoms with E-state index in [0.717, 1.165) is 11.1 Å². The maximum atomic E-state index is 6.16. The molecular weight excluding hydrogens is 228 g/mol. The van der Waals surface area contributed by atoms with Gasteiger partial charge in [-0.1, -0.05) is 0 Å². The summed E-state index contributed by atoms with van der Waals surface area (Å²) in [6, 6.07) is 0. The molecule has 0 unspecified atom stereocenters. The molecule has 2 N–H and O–H groups in total. The average molecular weight is 241 g/mol. The number of nitrogens with zero attached hydrogens (tertiary/aromatic N) is 3. The molecule has 2 heterocycles. The lowest BCUT2D eigenvalue weighted by atomic mass is 10.2. The highest BCUT2D eigenvalue weighted by molar-refractivity contribution is 6.19. The first-order valence-electron chi connectivity index (χ1n) is 5.01. The third-order valence-corrected chi connectivity index (χ3v) is 2.70. The molecule has 16 heavy (non-hydrogen) atoms. The van der Waals surface area contributed by atoms with Gasteiger partial charge in [-0.25, -0.2) is 14.1 Å². The quantitative estimate of drug-likeness (QED) is 0.889. The highest BCUT2D eigenvalue weighted by Crippen LogP contribution is 2.24. The number of pyridine rings is 1. The number of ether oxygens (including phenoxy) is 1. The van der Waals surface area contributed by atoms with Crippen molar-refractivity contribution < 1.29 is 4.74 Å². The van der Waals surface area contributed by atoms with Crippen LogP contribution < -0.4 is 5.73 Å². The minimum absolute atomic E-state index is 0.369. The molecule has 0 aromatic carbocycles. The van der Waals surface area contributed by atoms with Crippen molar-refractivity contribution in [3.63, 3.8) is 0 Å². The third kappa shape index (κ3) is 1.72. The molecule has 0 aliphatic carbocycles. The van der Waals surface area contributed by atoms with Crippen LogP contribution in [0.3, 0.4) is 0 Å². The fourth-order valence-electron chi connectivity index (χ4n) is 1.54. The smallest absolute Gasteiger partial charge is 0.151 e. The molecule has 2 aromatic rings. The van der Waals surface area contributed by atoms with E-state index in [4.69, 9.17) is 22.2 Å². The van der Waals surface area contributed by atoms with Gasteiger partial charge in [-0.05, 0) is 19.4 Å². The number of hydrogen-bond acceptors (Lipinski definition) is 4. The Morgan fingerprint density at radius 2 is 2.31 bits per heavy atom. The van der Waals surface area contributed by atoms with Crippen LogP contribution in [0.1, 0.15) is 18.3 Å². The van der Waals surface area contributed by atoms with Gasteiger partial charge in [0.2, 0.25) is 0 Å². The van der Waals surface area contributed by atoms with Crippen molar-refractivity contribution in [2.24, 2.45) is 0 Å². The minimum Gasteiger partial charge on any atom is -0.382 e. The summed E-state index contributed by atoms with van der Waals surface area (Å²) in [4.78, 5) is 8.37. The molecule has 2 rings (SSSR count). The summed E-state index contributed by atoms with van der Waals surface area (Å²) in [7, 11) is 0. The number of aryl methyl sites for hydroxylation is 1. The zero-order valence-electron chi connectivity index (χ0n) is 9.20. The summed E-state index contributed by atoms with van der Waals surface area (Å²) >= 11 is 6.16. The normalized spacial score (nSPS) is 11.2. The molecule has 6 heteroatoms. The Hall–Kier alpha value is -1.33. The van der Waals surface area contributed by atoms with Gasteiger partial charge in [-0.2, -0.15) is 0 Å². The first-order chi connectivity index (χ1) is 7.65. The van der Waals surface area contributed by atoms with Crippen molar-refractivity contribution in [3.05, 3.63) is 17.6 Å². The van der Waals surface area contributed by atoms with Crippen LogP contribution in [0.5, 0.6) is 0 Å². The fourth-order valence-corrected chi connectivity index (χ4v) is 1.84. The Morgan fingerprint density at radius 3 is 2.94 bits per heavy atom. The molecule has 0 radical (unpaired) electrons. The Balaban J connectivity index is 2.58. The number of nitrogens with two attached hydrogens (primary N) is 1. The summed E-state index contributed by atoms with van der Waals surface area (Å²) in [5.41, 5.74) is 8.11. The van der Waals surface area contributed by atoms with Gasteiger partial charge in [-0.15, -0.1) is 0 Å². The van der Waals surface area contributed by atoms with Gasteiger partial charge in [0.25, 0.3) is 0 Å². The molecule has 0 aliphatic rings. The Bertz CT molecular complexity index is 523. The van der Waals surface area contributed by atoms with Crippen molar-refractivity contribution in [1.82, 2.24) is 14.1 Å². The molecule has 0 bridgehead atoms. The third-order valence-electron chi connectivity index (χ3n) is 2.34. The van der Waals surface area contributed by atoms with Crippen LogP contribution in [-0.4, -0.2) is 20.7 Å². The number of halogens is 1. The van der Waals surface area contributed by atoms with Crippen molar-refractivity contribution in [3.8, 4) is 0 Å². The standard InChI is InChI=1S/C10H13ClN4O/c1-3-16-5-7-14-8-9(15(7)11)6(2)4-13-10(8)12/h4H,3,5H2,1-2H3,(H2,12,13). The lowest BCUT2D eigenvalue weighted by Crippen LogP contribution is -1.97. The summed E-state index contributed by atoms with van der Waals surface area (Å²) < 4.78 is 6.77. The van der Waals surface area contributed by atoms with Crippen LogP contribution in [-0.2, 0) is 11.3 Å². The molecule has 0 atom stereocenters. The Kier molecular flexibility index (Phi) is 2.98. The maximum Gasteiger partial charge on any atom is 0.151 e. The first-order valence-corrected chi connectivity index (χ1v) is 5.35. The van der Waals surface area contributed by atoms with Gasteiger partial charge in [-0.3, -0.25) is 0 Å². The van der Waals surface area contributed by atoms with Crippen LogP contribution in [0.2, 0.25) is 0 Å². The van der Waals surface area contributed by atoms with Crippen molar-refractivity contribution in [2.75, 3.05) is 12.3 Å². The first kappa shape index (κ1) is 11.2. The fraction of sp³-hybridized carbons (Fsp3) is 0.400. The molecule has 0 spiro atoms. The SMILES string of the molecule is CCOCc1nc2c(N)ncc(C)c2n1Cl. The number of fused-ring (bicyclic) bond motifs is 1. The van der Waals surface area contributed by atoms with Gasteiger partial charge in [0.05, 0.1) is 5.52 Å². The van der Waals surface area contributed by atoms with Crippen LogP contribution in [0.15, 0.2) is 6.20 Å². The van der Waals surface area contributed by atoms with E-state index < -0.39 is 0 Å². The van der Waals surface area contributed by atoms with Gasteiger partial charge in [0.15, 0.2) is 11.6 Å². The molecule has 0 aliphatic heterocycles. The van der Waals surface area contributed by atoms with Crippen molar-refractivity contribution >= 4 is 28.6 Å². The van der Waals surface area contributed by atoms with Crippen LogP contribution in [0.25, 0.3) is 11.0 Å². The van der Waals surface area contributed by atoms with Gasteiger partial charge < -0.3 is 10.5 Å². The molecule has 0 saturated carbocycles. The zero-order valence-corrected chi connectivity index (χ0v) is 9.95.